The number of carbonyl (C=O) groups is 1. The number of fused-ring (bicyclic) bond motifs is 1. The Morgan fingerprint density at radius 3 is 2.79 bits per heavy atom. The van der Waals surface area contributed by atoms with Gasteiger partial charge in [0.15, 0.2) is 0 Å². The van der Waals surface area contributed by atoms with Gasteiger partial charge in [-0.25, -0.2) is 9.78 Å². The SMILES string of the molecule is COC(=O)c1sc2ncc(CN3CCCCC(N4CCN(C)CC4)C3)cc2c1C. The summed E-state index contributed by atoms with van der Waals surface area (Å²) in [6, 6.07) is 2.88. The number of carbonyl (C=O) groups excluding carboxylic acids is 1. The molecular weight excluding hydrogens is 384 g/mol. The minimum Gasteiger partial charge on any atom is -0.465 e. The number of ether oxygens (including phenoxy) is 1. The minimum atomic E-state index is -0.269. The van der Waals surface area contributed by atoms with E-state index in [1.807, 2.05) is 13.1 Å². The van der Waals surface area contributed by atoms with Crippen LogP contribution < -0.4 is 0 Å². The van der Waals surface area contributed by atoms with Gasteiger partial charge < -0.3 is 9.64 Å². The number of likely N-dealkylation sites (N-methyl/N-ethyl adjacent to an activating group) is 1. The molecule has 2 aromatic rings. The number of aryl methyl sites for hydroxylation is 1. The number of thiophene rings is 1. The topological polar surface area (TPSA) is 48.9 Å². The molecule has 1 unspecified atom stereocenters. The lowest BCUT2D eigenvalue weighted by Crippen LogP contribution is -2.51. The maximum atomic E-state index is 12.0. The largest absolute Gasteiger partial charge is 0.465 e. The van der Waals surface area contributed by atoms with Crippen molar-refractivity contribution in [3.8, 4) is 0 Å². The van der Waals surface area contributed by atoms with E-state index < -0.39 is 0 Å². The maximum absolute atomic E-state index is 12.0. The molecule has 0 saturated carbocycles. The molecule has 2 aliphatic rings. The van der Waals surface area contributed by atoms with Crippen molar-refractivity contribution in [2.24, 2.45) is 0 Å². The molecule has 2 aliphatic heterocycles. The molecule has 4 rings (SSSR count). The molecule has 0 N–H and O–H groups in total. The van der Waals surface area contributed by atoms with Crippen LogP contribution in [-0.4, -0.2) is 85.1 Å². The van der Waals surface area contributed by atoms with Crippen LogP contribution in [-0.2, 0) is 11.3 Å². The number of nitrogens with zero attached hydrogens (tertiary/aromatic N) is 4. The highest BCUT2D eigenvalue weighted by Gasteiger charge is 2.26. The number of hydrogen-bond donors (Lipinski definition) is 0. The van der Waals surface area contributed by atoms with Crippen LogP contribution in [0.4, 0.5) is 0 Å². The first-order chi connectivity index (χ1) is 14.0. The Kier molecular flexibility index (Phi) is 6.49. The first-order valence-corrected chi connectivity index (χ1v) is 11.5. The van der Waals surface area contributed by atoms with Crippen LogP contribution in [0.1, 0.15) is 40.1 Å². The zero-order valence-electron chi connectivity index (χ0n) is 17.8. The summed E-state index contributed by atoms with van der Waals surface area (Å²) in [6.45, 7) is 9.94. The molecule has 0 amide bonds. The molecule has 29 heavy (non-hydrogen) atoms. The van der Waals surface area contributed by atoms with E-state index in [9.17, 15) is 4.79 Å². The zero-order chi connectivity index (χ0) is 20.4. The highest BCUT2D eigenvalue weighted by molar-refractivity contribution is 7.20. The van der Waals surface area contributed by atoms with Crippen LogP contribution in [0.25, 0.3) is 10.2 Å². The maximum Gasteiger partial charge on any atom is 0.348 e. The van der Waals surface area contributed by atoms with Crippen LogP contribution in [0, 0.1) is 6.92 Å². The molecule has 2 saturated heterocycles. The number of likely N-dealkylation sites (tertiary alicyclic amines) is 1. The van der Waals surface area contributed by atoms with Gasteiger partial charge in [0.1, 0.15) is 9.71 Å². The van der Waals surface area contributed by atoms with Crippen molar-refractivity contribution >= 4 is 27.5 Å². The molecule has 2 aromatic heterocycles. The lowest BCUT2D eigenvalue weighted by atomic mass is 10.1. The fourth-order valence-corrected chi connectivity index (χ4v) is 5.65. The summed E-state index contributed by atoms with van der Waals surface area (Å²) in [6.07, 6.45) is 5.87. The Morgan fingerprint density at radius 1 is 1.24 bits per heavy atom. The molecule has 6 nitrogen and oxygen atoms in total. The third-order valence-corrected chi connectivity index (χ3v) is 7.61. The van der Waals surface area contributed by atoms with Crippen molar-refractivity contribution < 1.29 is 9.53 Å². The van der Waals surface area contributed by atoms with E-state index in [1.54, 1.807) is 0 Å². The van der Waals surface area contributed by atoms with Crippen LogP contribution in [0.5, 0.6) is 0 Å². The van der Waals surface area contributed by atoms with Gasteiger partial charge in [0.25, 0.3) is 0 Å². The van der Waals surface area contributed by atoms with Crippen molar-refractivity contribution in [2.45, 2.75) is 38.8 Å². The molecule has 0 aliphatic carbocycles. The van der Waals surface area contributed by atoms with Gasteiger partial charge in [0.2, 0.25) is 0 Å². The molecular formula is C22H32N4O2S. The van der Waals surface area contributed by atoms with Crippen LogP contribution in [0.3, 0.4) is 0 Å². The van der Waals surface area contributed by atoms with Gasteiger partial charge in [0, 0.05) is 56.9 Å². The molecule has 7 heteroatoms. The predicted molar refractivity (Wildman–Crippen MR) is 118 cm³/mol. The Morgan fingerprint density at radius 2 is 2.03 bits per heavy atom. The number of piperazine rings is 1. The monoisotopic (exact) mass is 416 g/mol. The Labute approximate surface area is 177 Å². The molecule has 0 bridgehead atoms. The fraction of sp³-hybridized carbons (Fsp3) is 0.636. The predicted octanol–water partition coefficient (Wildman–Crippen LogP) is 2.99. The quantitative estimate of drug-likeness (QED) is 0.714. The Bertz CT molecular complexity index is 860. The number of hydrogen-bond acceptors (Lipinski definition) is 7. The number of esters is 1. The van der Waals surface area contributed by atoms with E-state index in [0.29, 0.717) is 10.9 Å². The van der Waals surface area contributed by atoms with Crippen molar-refractivity contribution in [2.75, 3.05) is 53.4 Å². The van der Waals surface area contributed by atoms with E-state index in [0.717, 1.165) is 35.4 Å². The Balaban J connectivity index is 1.48. The first-order valence-electron chi connectivity index (χ1n) is 10.7. The number of rotatable bonds is 4. The summed E-state index contributed by atoms with van der Waals surface area (Å²) >= 11 is 1.42. The third kappa shape index (κ3) is 4.63. The highest BCUT2D eigenvalue weighted by atomic mass is 32.1. The fourth-order valence-electron chi connectivity index (χ4n) is 4.60. The third-order valence-electron chi connectivity index (χ3n) is 6.41. The highest BCUT2D eigenvalue weighted by Crippen LogP contribution is 2.31. The van der Waals surface area contributed by atoms with Crippen molar-refractivity contribution in [1.82, 2.24) is 19.7 Å². The van der Waals surface area contributed by atoms with E-state index >= 15 is 0 Å². The van der Waals surface area contributed by atoms with Gasteiger partial charge in [-0.05, 0) is 50.6 Å². The number of methoxy groups -OCH3 is 1. The van der Waals surface area contributed by atoms with Gasteiger partial charge in [-0.3, -0.25) is 9.80 Å². The van der Waals surface area contributed by atoms with E-state index in [4.69, 9.17) is 4.74 Å². The van der Waals surface area contributed by atoms with Gasteiger partial charge in [-0.2, -0.15) is 0 Å². The minimum absolute atomic E-state index is 0.269. The summed E-state index contributed by atoms with van der Waals surface area (Å²) in [5.74, 6) is -0.269. The van der Waals surface area contributed by atoms with Gasteiger partial charge in [-0.1, -0.05) is 6.42 Å². The smallest absolute Gasteiger partial charge is 0.348 e. The van der Waals surface area contributed by atoms with Crippen LogP contribution in [0.15, 0.2) is 12.3 Å². The molecule has 1 atom stereocenters. The summed E-state index contributed by atoms with van der Waals surface area (Å²) in [5, 5.41) is 1.08. The number of aromatic nitrogens is 1. The molecule has 4 heterocycles. The Hall–Kier alpha value is -1.54. The summed E-state index contributed by atoms with van der Waals surface area (Å²) in [7, 11) is 3.65. The molecule has 0 aromatic carbocycles. The molecule has 0 spiro atoms. The van der Waals surface area contributed by atoms with Gasteiger partial charge in [-0.15, -0.1) is 11.3 Å². The van der Waals surface area contributed by atoms with E-state index in [1.165, 1.54) is 69.5 Å². The number of pyridine rings is 1. The lowest BCUT2D eigenvalue weighted by Gasteiger charge is -2.39. The van der Waals surface area contributed by atoms with E-state index in [2.05, 4.69) is 32.8 Å². The van der Waals surface area contributed by atoms with Crippen molar-refractivity contribution in [3.05, 3.63) is 28.3 Å². The normalized spacial score (nSPS) is 22.7. The second kappa shape index (κ2) is 9.08. The molecule has 0 radical (unpaired) electrons. The van der Waals surface area contributed by atoms with E-state index in [-0.39, 0.29) is 5.97 Å². The average Bonchev–Trinajstić information content (AvgIpc) is 2.90. The second-order valence-corrected chi connectivity index (χ2v) is 9.47. The second-order valence-electron chi connectivity index (χ2n) is 8.47. The molecule has 2 fully saturated rings. The van der Waals surface area contributed by atoms with Crippen molar-refractivity contribution in [1.29, 1.82) is 0 Å². The van der Waals surface area contributed by atoms with Crippen LogP contribution in [0.2, 0.25) is 0 Å². The van der Waals surface area contributed by atoms with Gasteiger partial charge in [0.05, 0.1) is 7.11 Å². The molecule has 158 valence electrons. The van der Waals surface area contributed by atoms with Gasteiger partial charge >= 0.3 is 5.97 Å². The van der Waals surface area contributed by atoms with Crippen LogP contribution >= 0.6 is 11.3 Å². The zero-order valence-corrected chi connectivity index (χ0v) is 18.6. The van der Waals surface area contributed by atoms with Crippen molar-refractivity contribution in [3.63, 3.8) is 0 Å². The summed E-state index contributed by atoms with van der Waals surface area (Å²) < 4.78 is 4.92. The first kappa shape index (κ1) is 20.7. The lowest BCUT2D eigenvalue weighted by molar-refractivity contribution is 0.0605. The average molecular weight is 417 g/mol. The summed E-state index contributed by atoms with van der Waals surface area (Å²) in [5.41, 5.74) is 2.21. The standard InChI is InChI=1S/C22H32N4O2S/c1-16-19-12-17(13-23-21(19)29-20(16)22(27)28-3)14-25-7-5-4-6-18(15-25)26-10-8-24(2)9-11-26/h12-13,18H,4-11,14-15H2,1-3H3. The summed E-state index contributed by atoms with van der Waals surface area (Å²) in [4.78, 5) is 26.0.